The molecule has 0 N–H and O–H groups in total. The maximum absolute atomic E-state index is 5.70. The maximum atomic E-state index is 5.70. The minimum atomic E-state index is 0.756. The van der Waals surface area contributed by atoms with E-state index in [1.165, 1.54) is 29.2 Å². The first kappa shape index (κ1) is 18.1. The predicted molar refractivity (Wildman–Crippen MR) is 111 cm³/mol. The highest BCUT2D eigenvalue weighted by molar-refractivity contribution is 5.85. The van der Waals surface area contributed by atoms with Gasteiger partial charge in [0.2, 0.25) is 0 Å². The minimum absolute atomic E-state index is 0.756. The van der Waals surface area contributed by atoms with Crippen LogP contribution in [0.2, 0.25) is 0 Å². The first-order valence-corrected chi connectivity index (χ1v) is 9.56. The lowest BCUT2D eigenvalue weighted by molar-refractivity contribution is 0.318. The fraction of sp³-hybridized carbons (Fsp3) is 0.280. The molecule has 0 aliphatic heterocycles. The Balaban J connectivity index is 1.74. The summed E-state index contributed by atoms with van der Waals surface area (Å²) in [7, 11) is 0. The molecule has 0 fully saturated rings. The number of ether oxygens (including phenoxy) is 1. The first-order chi connectivity index (χ1) is 12.8. The average molecular weight is 342 g/mol. The third kappa shape index (κ3) is 4.90. The van der Waals surface area contributed by atoms with E-state index in [4.69, 9.17) is 4.74 Å². The highest BCUT2D eigenvalue weighted by atomic mass is 16.5. The van der Waals surface area contributed by atoms with Gasteiger partial charge in [0.05, 0.1) is 6.61 Å². The van der Waals surface area contributed by atoms with Crippen LogP contribution < -0.4 is 4.74 Å². The van der Waals surface area contributed by atoms with Gasteiger partial charge >= 0.3 is 0 Å². The van der Waals surface area contributed by atoms with E-state index >= 15 is 0 Å². The topological polar surface area (TPSA) is 9.23 Å². The van der Waals surface area contributed by atoms with Crippen molar-refractivity contribution in [2.75, 3.05) is 6.61 Å². The SMILES string of the molecule is CCCCc1ccc(C#Cc2ccc3cc(OCCC)ccc3c2)cc1. The standard InChI is InChI=1S/C25H26O/c1-3-5-6-20-7-9-21(10-8-20)11-12-22-13-14-24-19-25(26-17-4-2)16-15-23(24)18-22/h7-10,13-16,18-19H,3-6,17H2,1-2H3. The summed E-state index contributed by atoms with van der Waals surface area (Å²) in [5, 5.41) is 2.37. The molecule has 0 bridgehead atoms. The molecule has 3 aromatic carbocycles. The van der Waals surface area contributed by atoms with Crippen molar-refractivity contribution in [1.82, 2.24) is 0 Å². The largest absolute Gasteiger partial charge is 0.494 e. The van der Waals surface area contributed by atoms with Crippen LogP contribution >= 0.6 is 0 Å². The van der Waals surface area contributed by atoms with Gasteiger partial charge in [-0.05, 0) is 72.0 Å². The fourth-order valence-electron chi connectivity index (χ4n) is 2.89. The lowest BCUT2D eigenvalue weighted by Crippen LogP contribution is -1.94. The van der Waals surface area contributed by atoms with Gasteiger partial charge in [-0.2, -0.15) is 0 Å². The lowest BCUT2D eigenvalue weighted by atomic mass is 10.1. The molecule has 0 aliphatic rings. The molecule has 1 heteroatoms. The molecule has 26 heavy (non-hydrogen) atoms. The van der Waals surface area contributed by atoms with Gasteiger partial charge in [-0.15, -0.1) is 0 Å². The van der Waals surface area contributed by atoms with Gasteiger partial charge in [-0.25, -0.2) is 0 Å². The molecule has 0 radical (unpaired) electrons. The molecule has 0 unspecified atom stereocenters. The number of unbranched alkanes of at least 4 members (excludes halogenated alkanes) is 1. The molecule has 132 valence electrons. The molecule has 0 aromatic heterocycles. The first-order valence-electron chi connectivity index (χ1n) is 9.56. The number of aryl methyl sites for hydroxylation is 1. The van der Waals surface area contributed by atoms with Crippen LogP contribution in [0.1, 0.15) is 49.8 Å². The van der Waals surface area contributed by atoms with Crippen LogP contribution in [0.15, 0.2) is 60.7 Å². The van der Waals surface area contributed by atoms with Gasteiger partial charge in [0.15, 0.2) is 0 Å². The van der Waals surface area contributed by atoms with E-state index in [-0.39, 0.29) is 0 Å². The molecule has 0 spiro atoms. The van der Waals surface area contributed by atoms with Crippen molar-refractivity contribution in [1.29, 1.82) is 0 Å². The Labute approximate surface area is 157 Å². The van der Waals surface area contributed by atoms with Crippen LogP contribution in [0.25, 0.3) is 10.8 Å². The van der Waals surface area contributed by atoms with E-state index in [9.17, 15) is 0 Å². The summed E-state index contributed by atoms with van der Waals surface area (Å²) < 4.78 is 5.70. The molecule has 0 atom stereocenters. The van der Waals surface area contributed by atoms with Crippen LogP contribution in [-0.2, 0) is 6.42 Å². The average Bonchev–Trinajstić information content (AvgIpc) is 2.69. The van der Waals surface area contributed by atoms with Crippen molar-refractivity contribution in [3.8, 4) is 17.6 Å². The second-order valence-electron chi connectivity index (χ2n) is 6.62. The van der Waals surface area contributed by atoms with Gasteiger partial charge in [0.25, 0.3) is 0 Å². The number of hydrogen-bond donors (Lipinski definition) is 0. The maximum Gasteiger partial charge on any atom is 0.119 e. The van der Waals surface area contributed by atoms with Gasteiger partial charge in [0, 0.05) is 11.1 Å². The second kappa shape index (κ2) is 9.11. The van der Waals surface area contributed by atoms with Gasteiger partial charge in [-0.3, -0.25) is 0 Å². The number of hydrogen-bond acceptors (Lipinski definition) is 1. The molecule has 1 nitrogen and oxygen atoms in total. The van der Waals surface area contributed by atoms with Crippen molar-refractivity contribution >= 4 is 10.8 Å². The molecular formula is C25H26O. The Kier molecular flexibility index (Phi) is 6.34. The summed E-state index contributed by atoms with van der Waals surface area (Å²) in [6, 6.07) is 21.2. The molecule has 0 heterocycles. The molecule has 3 rings (SSSR count). The van der Waals surface area contributed by atoms with Gasteiger partial charge in [-0.1, -0.05) is 56.4 Å². The third-order valence-electron chi connectivity index (χ3n) is 4.41. The Hall–Kier alpha value is -2.72. The summed E-state index contributed by atoms with van der Waals surface area (Å²) in [5.41, 5.74) is 3.49. The number of rotatable bonds is 6. The fourth-order valence-corrected chi connectivity index (χ4v) is 2.89. The lowest BCUT2D eigenvalue weighted by Gasteiger charge is -2.06. The van der Waals surface area contributed by atoms with Crippen molar-refractivity contribution in [3.05, 3.63) is 77.4 Å². The summed E-state index contributed by atoms with van der Waals surface area (Å²) >= 11 is 0. The summed E-state index contributed by atoms with van der Waals surface area (Å²) in [6.07, 6.45) is 4.65. The Bertz CT molecular complexity index is 910. The van der Waals surface area contributed by atoms with Crippen LogP contribution in [0, 0.1) is 11.8 Å². The summed E-state index contributed by atoms with van der Waals surface area (Å²) in [5.74, 6) is 7.49. The van der Waals surface area contributed by atoms with E-state index in [0.29, 0.717) is 0 Å². The van der Waals surface area contributed by atoms with Gasteiger partial charge in [0.1, 0.15) is 5.75 Å². The number of fused-ring (bicyclic) bond motifs is 1. The third-order valence-corrected chi connectivity index (χ3v) is 4.41. The highest BCUT2D eigenvalue weighted by Crippen LogP contribution is 2.22. The second-order valence-corrected chi connectivity index (χ2v) is 6.62. The zero-order valence-corrected chi connectivity index (χ0v) is 15.7. The Morgan fingerprint density at radius 1 is 0.731 bits per heavy atom. The van der Waals surface area contributed by atoms with Crippen LogP contribution in [-0.4, -0.2) is 6.61 Å². The van der Waals surface area contributed by atoms with E-state index in [1.807, 2.05) is 6.07 Å². The van der Waals surface area contributed by atoms with E-state index in [2.05, 4.69) is 80.3 Å². The number of benzene rings is 3. The molecule has 0 saturated heterocycles. The van der Waals surface area contributed by atoms with Crippen LogP contribution in [0.3, 0.4) is 0 Å². The van der Waals surface area contributed by atoms with Crippen molar-refractivity contribution < 1.29 is 4.74 Å². The van der Waals surface area contributed by atoms with Crippen molar-refractivity contribution in [2.45, 2.75) is 39.5 Å². The summed E-state index contributed by atoms with van der Waals surface area (Å²) in [4.78, 5) is 0. The molecular weight excluding hydrogens is 316 g/mol. The normalized spacial score (nSPS) is 10.4. The summed E-state index contributed by atoms with van der Waals surface area (Å²) in [6.45, 7) is 5.10. The quantitative estimate of drug-likeness (QED) is 0.473. The molecule has 3 aromatic rings. The monoisotopic (exact) mass is 342 g/mol. The minimum Gasteiger partial charge on any atom is -0.494 e. The van der Waals surface area contributed by atoms with Gasteiger partial charge < -0.3 is 4.74 Å². The van der Waals surface area contributed by atoms with Crippen molar-refractivity contribution in [3.63, 3.8) is 0 Å². The molecule has 0 amide bonds. The zero-order valence-electron chi connectivity index (χ0n) is 15.7. The zero-order chi connectivity index (χ0) is 18.2. The molecule has 0 saturated carbocycles. The predicted octanol–water partition coefficient (Wildman–Crippen LogP) is 6.37. The molecule has 0 aliphatic carbocycles. The highest BCUT2D eigenvalue weighted by Gasteiger charge is 1.99. The van der Waals surface area contributed by atoms with E-state index < -0.39 is 0 Å². The van der Waals surface area contributed by atoms with Crippen LogP contribution in [0.5, 0.6) is 5.75 Å². The Morgan fingerprint density at radius 3 is 2.19 bits per heavy atom. The Morgan fingerprint density at radius 2 is 1.42 bits per heavy atom. The van der Waals surface area contributed by atoms with E-state index in [0.717, 1.165) is 36.3 Å². The van der Waals surface area contributed by atoms with Crippen molar-refractivity contribution in [2.24, 2.45) is 0 Å². The van der Waals surface area contributed by atoms with Crippen LogP contribution in [0.4, 0.5) is 0 Å². The van der Waals surface area contributed by atoms with E-state index in [1.54, 1.807) is 0 Å². The smallest absolute Gasteiger partial charge is 0.119 e.